The van der Waals surface area contributed by atoms with Gasteiger partial charge in [-0.05, 0) is 0 Å². The van der Waals surface area contributed by atoms with Crippen LogP contribution in [0.5, 0.6) is 0 Å². The van der Waals surface area contributed by atoms with Gasteiger partial charge < -0.3 is 21.4 Å². The summed E-state index contributed by atoms with van der Waals surface area (Å²) in [5, 5.41) is 0. The van der Waals surface area contributed by atoms with Crippen molar-refractivity contribution in [2.75, 3.05) is 0 Å². The van der Waals surface area contributed by atoms with Gasteiger partial charge in [-0.3, -0.25) is 4.98 Å². The van der Waals surface area contributed by atoms with Crippen molar-refractivity contribution in [3.63, 3.8) is 0 Å². The summed E-state index contributed by atoms with van der Waals surface area (Å²) >= 11 is 0. The van der Waals surface area contributed by atoms with Gasteiger partial charge in [0.2, 0.25) is 0 Å². The summed E-state index contributed by atoms with van der Waals surface area (Å²) in [6, 6.07) is 20.7. The topological polar surface area (TPSA) is 26.0 Å². The summed E-state index contributed by atoms with van der Waals surface area (Å²) < 4.78 is 5.71. The van der Waals surface area contributed by atoms with E-state index in [4.69, 9.17) is 4.42 Å². The second kappa shape index (κ2) is 7.48. The summed E-state index contributed by atoms with van der Waals surface area (Å²) in [6.45, 7) is 0. The number of aromatic nitrogens is 1. The van der Waals surface area contributed by atoms with E-state index in [2.05, 4.69) is 11.1 Å². The minimum absolute atomic E-state index is 0. The van der Waals surface area contributed by atoms with E-state index in [1.807, 2.05) is 54.6 Å². The van der Waals surface area contributed by atoms with Crippen LogP contribution in [0.1, 0.15) is 0 Å². The zero-order valence-electron chi connectivity index (χ0n) is 10.2. The molecule has 1 heterocycles. The first-order chi connectivity index (χ1) is 8.43. The molecule has 1 aromatic heterocycles. The summed E-state index contributed by atoms with van der Waals surface area (Å²) in [5.74, 6) is 1.38. The smallest absolute Gasteiger partial charge is 1.00 e. The third kappa shape index (κ3) is 3.69. The molecule has 90 valence electrons. The van der Waals surface area contributed by atoms with Crippen LogP contribution in [0.15, 0.2) is 65.2 Å². The standard InChI is InChI=1S/C15H10NO.BrH.Mg/c1-3-7-12(8-4-1)14-11-16-15(17-14)13-9-5-2-6-10-13;;/h1-9,11H;1H;/q-1;;+2/p-1. The fourth-order valence-electron chi connectivity index (χ4n) is 1.66. The van der Waals surface area contributed by atoms with Crippen LogP contribution in [0.2, 0.25) is 0 Å². The predicted octanol–water partition coefficient (Wildman–Crippen LogP) is 0.432. The summed E-state index contributed by atoms with van der Waals surface area (Å²) in [4.78, 5) is 4.26. The van der Waals surface area contributed by atoms with E-state index in [-0.39, 0.29) is 40.0 Å². The second-order valence-electron chi connectivity index (χ2n) is 3.67. The number of halogens is 1. The first-order valence-corrected chi connectivity index (χ1v) is 5.42. The van der Waals surface area contributed by atoms with Crippen LogP contribution in [-0.4, -0.2) is 28.0 Å². The molecule has 0 amide bonds. The number of oxazole rings is 1. The molecule has 3 rings (SSSR count). The van der Waals surface area contributed by atoms with Crippen LogP contribution in [0.25, 0.3) is 22.8 Å². The molecule has 0 radical (unpaired) electrons. The van der Waals surface area contributed by atoms with Crippen molar-refractivity contribution in [2.45, 2.75) is 0 Å². The van der Waals surface area contributed by atoms with Gasteiger partial charge in [-0.2, -0.15) is 0 Å². The van der Waals surface area contributed by atoms with Gasteiger partial charge in [0, 0.05) is 5.56 Å². The molecule has 19 heavy (non-hydrogen) atoms. The van der Waals surface area contributed by atoms with Crippen LogP contribution in [0.4, 0.5) is 0 Å². The maximum absolute atomic E-state index is 5.71. The van der Waals surface area contributed by atoms with Crippen LogP contribution in [0, 0.1) is 6.07 Å². The van der Waals surface area contributed by atoms with Crippen LogP contribution in [-0.2, 0) is 0 Å². The van der Waals surface area contributed by atoms with Crippen molar-refractivity contribution < 1.29 is 21.4 Å². The monoisotopic (exact) mass is 323 g/mol. The van der Waals surface area contributed by atoms with Crippen molar-refractivity contribution in [1.29, 1.82) is 0 Å². The van der Waals surface area contributed by atoms with Crippen LogP contribution < -0.4 is 17.0 Å². The Bertz CT molecular complexity index is 556. The molecule has 0 atom stereocenters. The Morgan fingerprint density at radius 2 is 1.68 bits per heavy atom. The molecule has 0 fully saturated rings. The van der Waals surface area contributed by atoms with Gasteiger partial charge >= 0.3 is 23.1 Å². The van der Waals surface area contributed by atoms with E-state index in [0.717, 1.165) is 16.9 Å². The Morgan fingerprint density at radius 1 is 0.947 bits per heavy atom. The van der Waals surface area contributed by atoms with Crippen LogP contribution in [0.3, 0.4) is 0 Å². The first-order valence-electron chi connectivity index (χ1n) is 5.42. The Labute approximate surface area is 138 Å². The summed E-state index contributed by atoms with van der Waals surface area (Å²) in [5.41, 5.74) is 1.90. The number of hydrogen-bond donors (Lipinski definition) is 0. The maximum atomic E-state index is 5.71. The van der Waals surface area contributed by atoms with E-state index in [1.165, 1.54) is 0 Å². The Morgan fingerprint density at radius 3 is 2.37 bits per heavy atom. The fourth-order valence-corrected chi connectivity index (χ4v) is 1.66. The van der Waals surface area contributed by atoms with E-state index >= 15 is 0 Å². The van der Waals surface area contributed by atoms with Gasteiger partial charge in [-0.1, -0.05) is 35.9 Å². The number of hydrogen-bond acceptors (Lipinski definition) is 2. The van der Waals surface area contributed by atoms with Gasteiger partial charge in [-0.25, -0.2) is 0 Å². The van der Waals surface area contributed by atoms with Gasteiger partial charge in [0.1, 0.15) is 11.7 Å². The van der Waals surface area contributed by atoms with Crippen molar-refractivity contribution in [1.82, 2.24) is 4.98 Å². The molecule has 0 aliphatic heterocycles. The molecule has 0 spiro atoms. The van der Waals surface area contributed by atoms with E-state index in [1.54, 1.807) is 6.20 Å². The third-order valence-electron chi connectivity index (χ3n) is 2.50. The van der Waals surface area contributed by atoms with E-state index in [9.17, 15) is 0 Å². The van der Waals surface area contributed by atoms with Crippen molar-refractivity contribution in [3.05, 3.63) is 66.9 Å². The SMILES string of the molecule is [Br-].[Mg+2].[c-]1ccccc1-c1ncc(-c2ccccc2)o1. The molecule has 0 bridgehead atoms. The average Bonchev–Trinajstić information content (AvgIpc) is 2.90. The summed E-state index contributed by atoms with van der Waals surface area (Å²) in [6.07, 6.45) is 1.74. The molecular weight excluding hydrogens is 314 g/mol. The molecule has 2 nitrogen and oxygen atoms in total. The van der Waals surface area contributed by atoms with Gasteiger partial charge in [-0.15, -0.1) is 30.3 Å². The number of rotatable bonds is 2. The van der Waals surface area contributed by atoms with Gasteiger partial charge in [0.05, 0.1) is 6.20 Å². The molecule has 0 saturated heterocycles. The molecule has 0 N–H and O–H groups in total. The third-order valence-corrected chi connectivity index (χ3v) is 2.50. The molecule has 0 unspecified atom stereocenters. The van der Waals surface area contributed by atoms with Crippen LogP contribution >= 0.6 is 0 Å². The van der Waals surface area contributed by atoms with Crippen molar-refractivity contribution >= 4 is 23.1 Å². The predicted molar refractivity (Wildman–Crippen MR) is 72.0 cm³/mol. The molecule has 0 aliphatic carbocycles. The largest absolute Gasteiger partial charge is 2.00 e. The molecule has 3 aromatic rings. The fraction of sp³-hybridized carbons (Fsp3) is 0. The van der Waals surface area contributed by atoms with Gasteiger partial charge in [0.25, 0.3) is 0 Å². The van der Waals surface area contributed by atoms with Crippen molar-refractivity contribution in [2.24, 2.45) is 0 Å². The molecule has 0 aliphatic rings. The first kappa shape index (κ1) is 16.0. The molecular formula is C15H10BrMgNO. The maximum Gasteiger partial charge on any atom is 2.00 e. The second-order valence-corrected chi connectivity index (χ2v) is 3.67. The minimum atomic E-state index is 0. The Kier molecular flexibility index (Phi) is 6.28. The number of nitrogens with zero attached hydrogens (tertiary/aromatic N) is 1. The number of benzene rings is 2. The van der Waals surface area contributed by atoms with Gasteiger partial charge in [0.15, 0.2) is 0 Å². The van der Waals surface area contributed by atoms with Crippen molar-refractivity contribution in [3.8, 4) is 22.8 Å². The average molecular weight is 324 g/mol. The zero-order valence-corrected chi connectivity index (χ0v) is 13.2. The zero-order chi connectivity index (χ0) is 11.5. The Balaban J connectivity index is 0.000000902. The normalized spacial score (nSPS) is 9.26. The van der Waals surface area contributed by atoms with E-state index in [0.29, 0.717) is 5.89 Å². The van der Waals surface area contributed by atoms with E-state index < -0.39 is 0 Å². The summed E-state index contributed by atoms with van der Waals surface area (Å²) in [7, 11) is 0. The molecule has 0 saturated carbocycles. The quantitative estimate of drug-likeness (QED) is 0.505. The minimum Gasteiger partial charge on any atom is -1.00 e. The Hall–Kier alpha value is -1.10. The molecule has 2 aromatic carbocycles. The molecule has 4 heteroatoms.